The quantitative estimate of drug-likeness (QED) is 0.513. The van der Waals surface area contributed by atoms with Crippen LogP contribution in [0.4, 0.5) is 0 Å². The first-order valence-corrected chi connectivity index (χ1v) is 3.66. The molecule has 0 aromatic carbocycles. The highest BCUT2D eigenvalue weighted by atomic mass is 16.3. The van der Waals surface area contributed by atoms with E-state index in [1.165, 1.54) is 0 Å². The molecule has 0 fully saturated rings. The van der Waals surface area contributed by atoms with E-state index < -0.39 is 5.91 Å². The van der Waals surface area contributed by atoms with Crippen molar-refractivity contribution >= 4 is 5.91 Å². The fourth-order valence-electron chi connectivity index (χ4n) is 0.158. The molecule has 13 heavy (non-hydrogen) atoms. The maximum Gasteiger partial charge on any atom is 0.240 e. The lowest BCUT2D eigenvalue weighted by Gasteiger charge is -1.79. The number of nitrogens with two attached hydrogens (primary N) is 1. The maximum absolute atomic E-state index is 9.47. The Balaban J connectivity index is -0.0000000491. The first-order valence-electron chi connectivity index (χ1n) is 3.66. The van der Waals surface area contributed by atoms with Gasteiger partial charge in [0.25, 0.3) is 0 Å². The summed E-state index contributed by atoms with van der Waals surface area (Å²) in [6.07, 6.45) is 3.09. The molecule has 0 rings (SSSR count). The molecular weight excluding hydrogens is 174 g/mol. The number of rotatable bonds is 3. The molecule has 0 bridgehead atoms. The van der Waals surface area contributed by atoms with Crippen LogP contribution in [-0.4, -0.2) is 35.3 Å². The van der Waals surface area contributed by atoms with Crippen LogP contribution >= 0.6 is 0 Å². The second kappa shape index (κ2) is 30.4. The highest BCUT2D eigenvalue weighted by Gasteiger charge is 1.69. The van der Waals surface area contributed by atoms with E-state index in [2.05, 4.69) is 19.2 Å². The molecule has 0 heterocycles. The van der Waals surface area contributed by atoms with Crippen LogP contribution in [0.5, 0.6) is 0 Å². The van der Waals surface area contributed by atoms with E-state index in [0.717, 1.165) is 26.0 Å². The molecule has 0 aromatic heterocycles. The Labute approximate surface area is 79.2 Å². The van der Waals surface area contributed by atoms with Crippen LogP contribution in [-0.2, 0) is 4.79 Å². The molecule has 0 radical (unpaired) electrons. The van der Waals surface area contributed by atoms with Crippen molar-refractivity contribution in [3.05, 3.63) is 12.7 Å². The van der Waals surface area contributed by atoms with Gasteiger partial charge in [0.15, 0.2) is 0 Å². The van der Waals surface area contributed by atoms with Crippen molar-refractivity contribution in [2.45, 2.75) is 19.8 Å². The molecule has 0 atom stereocenters. The highest BCUT2D eigenvalue weighted by Crippen LogP contribution is 1.78. The summed E-state index contributed by atoms with van der Waals surface area (Å²) >= 11 is 0. The molecule has 0 aliphatic heterocycles. The molecule has 0 spiro atoms. The topological polar surface area (TPSA) is 115 Å². The Morgan fingerprint density at radius 3 is 1.85 bits per heavy atom. The molecule has 0 saturated heterocycles. The summed E-state index contributed by atoms with van der Waals surface area (Å²) in [6, 6.07) is 0. The number of primary amides is 1. The number of hydrogen-bond acceptors (Lipinski definition) is 3. The second-order valence-corrected chi connectivity index (χ2v) is 1.68. The van der Waals surface area contributed by atoms with Crippen LogP contribution in [0.15, 0.2) is 12.7 Å². The molecule has 0 unspecified atom stereocenters. The van der Waals surface area contributed by atoms with Crippen molar-refractivity contribution in [3.63, 3.8) is 0 Å². The van der Waals surface area contributed by atoms with E-state index in [0.29, 0.717) is 6.61 Å². The summed E-state index contributed by atoms with van der Waals surface area (Å²) in [7, 11) is 1.00. The van der Waals surface area contributed by atoms with Gasteiger partial charge in [-0.15, -0.1) is 0 Å². The molecule has 0 saturated carbocycles. The first-order chi connectivity index (χ1) is 5.68. The lowest BCUT2D eigenvalue weighted by atomic mass is 10.4. The number of carbonyl (C=O) groups excluding carboxylic acids is 1. The molecule has 5 heteroatoms. The summed E-state index contributed by atoms with van der Waals surface area (Å²) in [6.45, 7) is 5.48. The van der Waals surface area contributed by atoms with E-state index >= 15 is 0 Å². The van der Waals surface area contributed by atoms with Gasteiger partial charge in [0, 0.05) is 13.7 Å². The van der Waals surface area contributed by atoms with Gasteiger partial charge in [0.05, 0.1) is 0 Å². The zero-order valence-electron chi connectivity index (χ0n) is 8.29. The summed E-state index contributed by atoms with van der Waals surface area (Å²) in [4.78, 5) is 9.47. The summed E-state index contributed by atoms with van der Waals surface area (Å²) in [5, 5.41) is 15.1. The van der Waals surface area contributed by atoms with Crippen LogP contribution in [0, 0.1) is 0 Å². The number of aliphatic hydroxyl groups excluding tert-OH is 2. The third-order valence-electron chi connectivity index (χ3n) is 0.713. The average molecular weight is 195 g/mol. The van der Waals surface area contributed by atoms with Crippen molar-refractivity contribution in [3.8, 4) is 0 Å². The molecular formula is C8H21NO4. The highest BCUT2D eigenvalue weighted by molar-refractivity contribution is 5.84. The van der Waals surface area contributed by atoms with Gasteiger partial charge in [-0.2, -0.15) is 0 Å². The Kier molecular flexibility index (Phi) is 53.2. The van der Waals surface area contributed by atoms with Crippen molar-refractivity contribution in [2.24, 2.45) is 5.73 Å². The van der Waals surface area contributed by atoms with E-state index in [9.17, 15) is 4.79 Å². The normalized spacial score (nSPS) is 6.15. The van der Waals surface area contributed by atoms with Gasteiger partial charge in [-0.3, -0.25) is 4.79 Å². The minimum Gasteiger partial charge on any atom is -0.412 e. The van der Waals surface area contributed by atoms with Gasteiger partial charge in [-0.25, -0.2) is 0 Å². The summed E-state index contributed by atoms with van der Waals surface area (Å²) < 4.78 is 0. The maximum atomic E-state index is 9.47. The van der Waals surface area contributed by atoms with Crippen LogP contribution in [0.2, 0.25) is 0 Å². The van der Waals surface area contributed by atoms with Crippen molar-refractivity contribution < 1.29 is 20.5 Å². The Morgan fingerprint density at radius 1 is 1.54 bits per heavy atom. The fourth-order valence-corrected chi connectivity index (χ4v) is 0.158. The van der Waals surface area contributed by atoms with Crippen LogP contribution in [0.3, 0.4) is 0 Å². The smallest absolute Gasteiger partial charge is 0.240 e. The van der Waals surface area contributed by atoms with Gasteiger partial charge in [-0.05, 0) is 12.5 Å². The van der Waals surface area contributed by atoms with Gasteiger partial charge in [-0.1, -0.05) is 19.9 Å². The predicted molar refractivity (Wildman–Crippen MR) is 53.1 cm³/mol. The first kappa shape index (κ1) is 22.7. The standard InChI is InChI=1S/C4H10O.C3H5NO.CH4O.H2O/c1-2-3-4-5;1-2-3(4)5;1-2;/h5H,2-4H2,1H3;2H,1H2,(H2,4,5);2H,1H3;1H2. The van der Waals surface area contributed by atoms with E-state index in [-0.39, 0.29) is 5.48 Å². The van der Waals surface area contributed by atoms with E-state index in [1.807, 2.05) is 0 Å². The Hall–Kier alpha value is -0.910. The minimum atomic E-state index is -0.481. The number of amides is 1. The van der Waals surface area contributed by atoms with Crippen molar-refractivity contribution in [1.29, 1.82) is 0 Å². The lowest BCUT2D eigenvalue weighted by molar-refractivity contribution is -0.113. The zero-order chi connectivity index (χ0) is 10.4. The SMILES string of the molecule is C=CC(N)=O.CCCCO.CO.O. The largest absolute Gasteiger partial charge is 0.412 e. The minimum absolute atomic E-state index is 0. The monoisotopic (exact) mass is 195 g/mol. The van der Waals surface area contributed by atoms with Gasteiger partial charge < -0.3 is 21.4 Å². The summed E-state index contributed by atoms with van der Waals surface area (Å²) in [5.74, 6) is -0.481. The average Bonchev–Trinajstić information content (AvgIpc) is 2.10. The number of unbranched alkanes of at least 4 members (excludes halogenated alkanes) is 1. The van der Waals surface area contributed by atoms with Crippen LogP contribution in [0.25, 0.3) is 0 Å². The van der Waals surface area contributed by atoms with Crippen LogP contribution in [0.1, 0.15) is 19.8 Å². The third kappa shape index (κ3) is 96.0. The Morgan fingerprint density at radius 2 is 1.85 bits per heavy atom. The summed E-state index contributed by atoms with van der Waals surface area (Å²) in [5.41, 5.74) is 4.53. The number of carbonyl (C=O) groups is 1. The van der Waals surface area contributed by atoms with Gasteiger partial charge >= 0.3 is 0 Å². The van der Waals surface area contributed by atoms with Crippen molar-refractivity contribution in [1.82, 2.24) is 0 Å². The molecule has 1 amide bonds. The van der Waals surface area contributed by atoms with Crippen LogP contribution < -0.4 is 5.73 Å². The second-order valence-electron chi connectivity index (χ2n) is 1.68. The predicted octanol–water partition coefficient (Wildman–Crippen LogP) is -0.780. The van der Waals surface area contributed by atoms with E-state index in [1.54, 1.807) is 0 Å². The van der Waals surface area contributed by atoms with E-state index in [4.69, 9.17) is 10.2 Å². The van der Waals surface area contributed by atoms with Gasteiger partial charge in [0.2, 0.25) is 5.91 Å². The number of hydrogen-bond donors (Lipinski definition) is 3. The third-order valence-corrected chi connectivity index (χ3v) is 0.713. The zero-order valence-corrected chi connectivity index (χ0v) is 8.29. The molecule has 0 aliphatic carbocycles. The number of aliphatic hydroxyl groups is 2. The Bertz CT molecular complexity index is 94.1. The molecule has 5 nitrogen and oxygen atoms in total. The lowest BCUT2D eigenvalue weighted by Crippen LogP contribution is -2.04. The van der Waals surface area contributed by atoms with Crippen molar-refractivity contribution in [2.75, 3.05) is 13.7 Å². The fraction of sp³-hybridized carbons (Fsp3) is 0.625. The molecule has 6 N–H and O–H groups in total. The molecule has 82 valence electrons. The van der Waals surface area contributed by atoms with Gasteiger partial charge in [0.1, 0.15) is 0 Å². The molecule has 0 aromatic rings. The molecule has 0 aliphatic rings.